The van der Waals surface area contributed by atoms with E-state index in [1.54, 1.807) is 6.07 Å². The molecule has 1 amide bonds. The van der Waals surface area contributed by atoms with Gasteiger partial charge in [-0.15, -0.1) is 0 Å². The molecule has 3 nitrogen and oxygen atoms in total. The molecular weight excluding hydrogens is 380 g/mol. The van der Waals surface area contributed by atoms with Gasteiger partial charge in [-0.05, 0) is 24.6 Å². The molecule has 7 heteroatoms. The first kappa shape index (κ1) is 18.2. The number of nitrogens with one attached hydrogen (secondary N) is 1. The Labute approximate surface area is 154 Å². The van der Waals surface area contributed by atoms with E-state index in [0.717, 1.165) is 5.56 Å². The van der Waals surface area contributed by atoms with Crippen molar-refractivity contribution in [1.82, 2.24) is 5.32 Å². The average molecular weight is 393 g/mol. The number of hydrogen-bond acceptors (Lipinski definition) is 2. The van der Waals surface area contributed by atoms with Gasteiger partial charge >= 0.3 is 0 Å². The highest BCUT2D eigenvalue weighted by atomic mass is 35.5. The third-order valence-electron chi connectivity index (χ3n) is 3.08. The third-order valence-corrected chi connectivity index (χ3v) is 4.44. The molecule has 1 N–H and O–H groups in total. The van der Waals surface area contributed by atoms with Gasteiger partial charge in [0.1, 0.15) is 5.75 Å². The van der Waals surface area contributed by atoms with E-state index in [9.17, 15) is 4.79 Å². The van der Waals surface area contributed by atoms with E-state index in [1.807, 2.05) is 25.1 Å². The first-order valence-electron chi connectivity index (χ1n) is 6.69. The van der Waals surface area contributed by atoms with Crippen LogP contribution in [0, 0.1) is 0 Å². The lowest BCUT2D eigenvalue weighted by atomic mass is 10.1. The molecule has 0 aliphatic heterocycles. The van der Waals surface area contributed by atoms with Crippen molar-refractivity contribution in [3.05, 3.63) is 62.1 Å². The minimum atomic E-state index is -0.306. The van der Waals surface area contributed by atoms with E-state index in [0.29, 0.717) is 20.8 Å². The molecule has 0 radical (unpaired) electrons. The summed E-state index contributed by atoms with van der Waals surface area (Å²) in [6, 6.07) is 9.99. The van der Waals surface area contributed by atoms with Crippen molar-refractivity contribution >= 4 is 52.3 Å². The molecule has 122 valence electrons. The summed E-state index contributed by atoms with van der Waals surface area (Å²) in [5, 5.41) is 4.30. The summed E-state index contributed by atoms with van der Waals surface area (Å²) in [7, 11) is 0. The summed E-state index contributed by atoms with van der Waals surface area (Å²) < 4.78 is 5.38. The Morgan fingerprint density at radius 2 is 1.70 bits per heavy atom. The van der Waals surface area contributed by atoms with Crippen LogP contribution in [0.1, 0.15) is 18.5 Å². The Hall–Kier alpha value is -1.13. The standard InChI is InChI=1S/C16H13Cl4NO2/c1-9(10-4-2-3-5-11(10)17)21-16(22)8-23-15-7-13(19)12(18)6-14(15)20/h2-7,9H,8H2,1H3,(H,21,22)/t9-/m1/s1. The van der Waals surface area contributed by atoms with Gasteiger partial charge in [0.15, 0.2) is 6.61 Å². The fraction of sp³-hybridized carbons (Fsp3) is 0.188. The van der Waals surface area contributed by atoms with Crippen LogP contribution in [0.5, 0.6) is 5.75 Å². The normalized spacial score (nSPS) is 11.9. The van der Waals surface area contributed by atoms with Crippen LogP contribution >= 0.6 is 46.4 Å². The van der Waals surface area contributed by atoms with E-state index in [2.05, 4.69) is 5.32 Å². The molecule has 0 aromatic heterocycles. The van der Waals surface area contributed by atoms with Crippen LogP contribution in [0.25, 0.3) is 0 Å². The van der Waals surface area contributed by atoms with Crippen LogP contribution in [0.2, 0.25) is 20.1 Å². The molecule has 0 unspecified atom stereocenters. The zero-order valence-electron chi connectivity index (χ0n) is 12.1. The zero-order valence-corrected chi connectivity index (χ0v) is 15.1. The Balaban J connectivity index is 1.95. The second-order valence-electron chi connectivity index (χ2n) is 4.80. The number of amides is 1. The molecule has 0 spiro atoms. The molecule has 0 fully saturated rings. The maximum Gasteiger partial charge on any atom is 0.258 e. The molecule has 0 saturated carbocycles. The molecule has 0 saturated heterocycles. The molecule has 0 aliphatic carbocycles. The van der Waals surface area contributed by atoms with Gasteiger partial charge in [0.05, 0.1) is 21.1 Å². The maximum absolute atomic E-state index is 12.0. The predicted molar refractivity (Wildman–Crippen MR) is 95.0 cm³/mol. The van der Waals surface area contributed by atoms with Gasteiger partial charge in [0.2, 0.25) is 0 Å². The van der Waals surface area contributed by atoms with Gasteiger partial charge in [-0.1, -0.05) is 64.6 Å². The Morgan fingerprint density at radius 3 is 2.39 bits per heavy atom. The molecule has 2 rings (SSSR count). The van der Waals surface area contributed by atoms with Crippen molar-refractivity contribution in [3.8, 4) is 5.75 Å². The van der Waals surface area contributed by atoms with Gasteiger partial charge in [-0.25, -0.2) is 0 Å². The molecule has 0 aliphatic rings. The number of carbonyl (C=O) groups is 1. The number of halogens is 4. The van der Waals surface area contributed by atoms with Gasteiger partial charge in [0, 0.05) is 11.1 Å². The van der Waals surface area contributed by atoms with E-state index < -0.39 is 0 Å². The maximum atomic E-state index is 12.0. The highest BCUT2D eigenvalue weighted by molar-refractivity contribution is 6.43. The average Bonchev–Trinajstić information content (AvgIpc) is 2.50. The lowest BCUT2D eigenvalue weighted by Gasteiger charge is -2.16. The van der Waals surface area contributed by atoms with E-state index in [4.69, 9.17) is 51.1 Å². The van der Waals surface area contributed by atoms with E-state index >= 15 is 0 Å². The Bertz CT molecular complexity index is 721. The molecule has 23 heavy (non-hydrogen) atoms. The number of rotatable bonds is 5. The summed E-state index contributed by atoms with van der Waals surface area (Å²) in [4.78, 5) is 12.0. The Morgan fingerprint density at radius 1 is 1.04 bits per heavy atom. The fourth-order valence-corrected chi connectivity index (χ4v) is 2.84. The van der Waals surface area contributed by atoms with Crippen molar-refractivity contribution in [2.24, 2.45) is 0 Å². The molecule has 0 bridgehead atoms. The van der Waals surface area contributed by atoms with Gasteiger partial charge in [0.25, 0.3) is 5.91 Å². The lowest BCUT2D eigenvalue weighted by Crippen LogP contribution is -2.31. The van der Waals surface area contributed by atoms with Crippen molar-refractivity contribution < 1.29 is 9.53 Å². The monoisotopic (exact) mass is 391 g/mol. The van der Waals surface area contributed by atoms with Crippen LogP contribution in [0.15, 0.2) is 36.4 Å². The quantitative estimate of drug-likeness (QED) is 0.676. The van der Waals surface area contributed by atoms with Crippen molar-refractivity contribution in [2.45, 2.75) is 13.0 Å². The van der Waals surface area contributed by atoms with Crippen molar-refractivity contribution in [2.75, 3.05) is 6.61 Å². The highest BCUT2D eigenvalue weighted by Crippen LogP contribution is 2.33. The number of benzene rings is 2. The van der Waals surface area contributed by atoms with Crippen LogP contribution in [0.3, 0.4) is 0 Å². The topological polar surface area (TPSA) is 38.3 Å². The summed E-state index contributed by atoms with van der Waals surface area (Å²) in [5.41, 5.74) is 0.829. The SMILES string of the molecule is C[C@@H](NC(=O)COc1cc(Cl)c(Cl)cc1Cl)c1ccccc1Cl. The summed E-state index contributed by atoms with van der Waals surface area (Å²) >= 11 is 23.8. The number of ether oxygens (including phenoxy) is 1. The number of hydrogen-bond donors (Lipinski definition) is 1. The molecule has 1 atom stereocenters. The minimum absolute atomic E-state index is 0.202. The van der Waals surface area contributed by atoms with Crippen LogP contribution in [0.4, 0.5) is 0 Å². The van der Waals surface area contributed by atoms with Crippen LogP contribution in [-0.2, 0) is 4.79 Å². The van der Waals surface area contributed by atoms with E-state index in [-0.39, 0.29) is 23.6 Å². The lowest BCUT2D eigenvalue weighted by molar-refractivity contribution is -0.123. The largest absolute Gasteiger partial charge is 0.482 e. The Kier molecular flexibility index (Phi) is 6.42. The van der Waals surface area contributed by atoms with Gasteiger partial charge in [-0.3, -0.25) is 4.79 Å². The van der Waals surface area contributed by atoms with Gasteiger partial charge in [-0.2, -0.15) is 0 Å². The molecule has 2 aromatic carbocycles. The predicted octanol–water partition coefficient (Wildman–Crippen LogP) is 5.56. The van der Waals surface area contributed by atoms with Crippen molar-refractivity contribution in [1.29, 1.82) is 0 Å². The highest BCUT2D eigenvalue weighted by Gasteiger charge is 2.14. The van der Waals surface area contributed by atoms with Crippen molar-refractivity contribution in [3.63, 3.8) is 0 Å². The molecule has 2 aromatic rings. The summed E-state index contributed by atoms with van der Waals surface area (Å²) in [6.07, 6.45) is 0. The molecule has 0 heterocycles. The molecular formula is C16H13Cl4NO2. The zero-order chi connectivity index (χ0) is 17.0. The fourth-order valence-electron chi connectivity index (χ4n) is 1.95. The second kappa shape index (κ2) is 8.11. The smallest absolute Gasteiger partial charge is 0.258 e. The minimum Gasteiger partial charge on any atom is -0.482 e. The number of carbonyl (C=O) groups excluding carboxylic acids is 1. The summed E-state index contributed by atoms with van der Waals surface area (Å²) in [5.74, 6) is -0.0128. The first-order chi connectivity index (χ1) is 10.9. The van der Waals surface area contributed by atoms with Crippen LogP contribution in [-0.4, -0.2) is 12.5 Å². The summed E-state index contributed by atoms with van der Waals surface area (Å²) in [6.45, 7) is 1.64. The third kappa shape index (κ3) is 4.92. The van der Waals surface area contributed by atoms with E-state index in [1.165, 1.54) is 12.1 Å². The second-order valence-corrected chi connectivity index (χ2v) is 6.42. The van der Waals surface area contributed by atoms with Gasteiger partial charge < -0.3 is 10.1 Å². The first-order valence-corrected chi connectivity index (χ1v) is 8.21. The van der Waals surface area contributed by atoms with Crippen LogP contribution < -0.4 is 10.1 Å².